The lowest BCUT2D eigenvalue weighted by Gasteiger charge is -2.26. The molecule has 0 spiro atoms. The third-order valence-electron chi connectivity index (χ3n) is 10.4. The summed E-state index contributed by atoms with van der Waals surface area (Å²) in [5.74, 6) is 8.16. The van der Waals surface area contributed by atoms with Crippen molar-refractivity contribution in [3.8, 4) is 11.8 Å². The quantitative estimate of drug-likeness (QED) is 0.178. The third-order valence-corrected chi connectivity index (χ3v) is 10.4. The Kier molecular flexibility index (Phi) is 8.41. The number of imidazole rings is 2. The van der Waals surface area contributed by atoms with E-state index in [0.29, 0.717) is 0 Å². The van der Waals surface area contributed by atoms with E-state index in [2.05, 4.69) is 21.8 Å². The normalized spacial score (nSPS) is 18.7. The van der Waals surface area contributed by atoms with Crippen molar-refractivity contribution in [1.29, 1.82) is 0 Å². The summed E-state index contributed by atoms with van der Waals surface area (Å²) in [6.07, 6.45) is 3.69. The van der Waals surface area contributed by atoms with Crippen molar-refractivity contribution >= 4 is 33.9 Å². The Labute approximate surface area is 291 Å². The molecule has 6 aromatic rings. The first-order chi connectivity index (χ1) is 24.4. The Morgan fingerprint density at radius 2 is 1.06 bits per heavy atom. The number of carbonyl (C=O) groups excluding carboxylic acids is 2. The van der Waals surface area contributed by atoms with Crippen molar-refractivity contribution in [1.82, 2.24) is 29.7 Å². The Morgan fingerprint density at radius 1 is 0.640 bits per heavy atom. The maximum Gasteiger partial charge on any atom is 0.230 e. The molecular weight excluding hydrogens is 621 g/mol. The minimum absolute atomic E-state index is 0.0664. The zero-order chi connectivity index (χ0) is 34.2. The van der Waals surface area contributed by atoms with Crippen molar-refractivity contribution in [3.05, 3.63) is 131 Å². The molecule has 50 heavy (non-hydrogen) atoms. The van der Waals surface area contributed by atoms with Gasteiger partial charge in [-0.1, -0.05) is 72.5 Å². The molecule has 2 aliphatic rings. The lowest BCUT2D eigenvalue weighted by molar-refractivity contribution is -0.134. The highest BCUT2D eigenvalue weighted by molar-refractivity contribution is 5.85. The predicted octanol–water partition coefficient (Wildman–Crippen LogP) is 7.77. The van der Waals surface area contributed by atoms with Gasteiger partial charge in [0.25, 0.3) is 0 Å². The van der Waals surface area contributed by atoms with Crippen LogP contribution in [0.5, 0.6) is 0 Å². The van der Waals surface area contributed by atoms with Crippen LogP contribution >= 0.6 is 0 Å². The van der Waals surface area contributed by atoms with E-state index in [1.165, 1.54) is 0 Å². The van der Waals surface area contributed by atoms with Crippen LogP contribution in [0, 0.1) is 11.8 Å². The summed E-state index contributed by atoms with van der Waals surface area (Å²) in [7, 11) is 0. The number of likely N-dealkylation sites (tertiary alicyclic amines) is 2. The number of rotatable bonds is 6. The van der Waals surface area contributed by atoms with Crippen molar-refractivity contribution in [2.75, 3.05) is 13.1 Å². The number of amides is 2. The molecule has 0 radical (unpaired) electrons. The molecule has 4 atom stereocenters. The fourth-order valence-electron chi connectivity index (χ4n) is 7.57. The molecule has 2 aromatic heterocycles. The van der Waals surface area contributed by atoms with Gasteiger partial charge in [0.05, 0.1) is 46.0 Å². The summed E-state index contributed by atoms with van der Waals surface area (Å²) < 4.78 is 0. The molecule has 2 saturated heterocycles. The molecular formula is C42H40N6O2. The van der Waals surface area contributed by atoms with Gasteiger partial charge in [-0.3, -0.25) is 9.59 Å². The average molecular weight is 661 g/mol. The largest absolute Gasteiger partial charge is 0.340 e. The minimum atomic E-state index is -0.203. The van der Waals surface area contributed by atoms with Crippen LogP contribution in [0.2, 0.25) is 0 Å². The third kappa shape index (κ3) is 6.05. The summed E-state index contributed by atoms with van der Waals surface area (Å²) in [5.41, 5.74) is 7.37. The minimum Gasteiger partial charge on any atom is -0.340 e. The van der Waals surface area contributed by atoms with Crippen LogP contribution in [-0.4, -0.2) is 54.6 Å². The molecule has 0 bridgehead atoms. The summed E-state index contributed by atoms with van der Waals surface area (Å²) in [6, 6.07) is 31.8. The van der Waals surface area contributed by atoms with Crippen LogP contribution in [0.25, 0.3) is 22.1 Å². The van der Waals surface area contributed by atoms with Gasteiger partial charge in [-0.2, -0.15) is 0 Å². The van der Waals surface area contributed by atoms with E-state index in [0.717, 1.165) is 94.7 Å². The molecule has 4 heterocycles. The maximum atomic E-state index is 13.5. The van der Waals surface area contributed by atoms with Crippen molar-refractivity contribution in [3.63, 3.8) is 0 Å². The molecule has 8 heteroatoms. The summed E-state index contributed by atoms with van der Waals surface area (Å²) in [6.45, 7) is 5.45. The van der Waals surface area contributed by atoms with Gasteiger partial charge in [0.15, 0.2) is 0 Å². The van der Waals surface area contributed by atoms with Crippen LogP contribution in [0.4, 0.5) is 0 Å². The fraction of sp³-hybridized carbons (Fsp3) is 0.286. The number of nitrogens with one attached hydrogen (secondary N) is 2. The zero-order valence-corrected chi connectivity index (χ0v) is 28.4. The van der Waals surface area contributed by atoms with Crippen LogP contribution in [0.3, 0.4) is 0 Å². The van der Waals surface area contributed by atoms with Crippen molar-refractivity contribution in [2.24, 2.45) is 0 Å². The molecule has 1 unspecified atom stereocenters. The fourth-order valence-corrected chi connectivity index (χ4v) is 7.57. The Morgan fingerprint density at radius 3 is 1.48 bits per heavy atom. The van der Waals surface area contributed by atoms with Gasteiger partial charge in [-0.05, 0) is 87.1 Å². The average Bonchev–Trinajstić information content (AvgIpc) is 3.98. The summed E-state index contributed by atoms with van der Waals surface area (Å²) >= 11 is 0. The number of H-pyrrole nitrogens is 2. The number of nitrogens with zero attached hydrogens (tertiary/aromatic N) is 4. The molecule has 0 aliphatic carbocycles. The molecule has 8 nitrogen and oxygen atoms in total. The van der Waals surface area contributed by atoms with E-state index >= 15 is 0 Å². The number of aromatic nitrogens is 4. The number of fused-ring (bicyclic) bond motifs is 2. The Hall–Kier alpha value is -5.68. The lowest BCUT2D eigenvalue weighted by atomic mass is 9.99. The molecule has 2 fully saturated rings. The Balaban J connectivity index is 0.982. The van der Waals surface area contributed by atoms with E-state index in [9.17, 15) is 9.59 Å². The molecule has 2 amide bonds. The van der Waals surface area contributed by atoms with Crippen LogP contribution in [0.15, 0.2) is 97.1 Å². The smallest absolute Gasteiger partial charge is 0.230 e. The maximum absolute atomic E-state index is 13.5. The van der Waals surface area contributed by atoms with E-state index in [-0.39, 0.29) is 35.7 Å². The van der Waals surface area contributed by atoms with E-state index in [1.54, 1.807) is 0 Å². The van der Waals surface area contributed by atoms with Crippen LogP contribution in [0.1, 0.15) is 97.4 Å². The monoisotopic (exact) mass is 660 g/mol. The van der Waals surface area contributed by atoms with Gasteiger partial charge < -0.3 is 19.8 Å². The summed E-state index contributed by atoms with van der Waals surface area (Å²) in [5, 5.41) is 0. The second-order valence-corrected chi connectivity index (χ2v) is 13.6. The van der Waals surface area contributed by atoms with Gasteiger partial charge in [0, 0.05) is 24.2 Å². The molecule has 250 valence electrons. The van der Waals surface area contributed by atoms with Crippen LogP contribution in [-0.2, 0) is 9.59 Å². The first-order valence-electron chi connectivity index (χ1n) is 17.6. The number of benzene rings is 4. The topological polar surface area (TPSA) is 98.0 Å². The highest BCUT2D eigenvalue weighted by Crippen LogP contribution is 2.36. The highest BCUT2D eigenvalue weighted by atomic mass is 16.2. The van der Waals surface area contributed by atoms with Crippen molar-refractivity contribution in [2.45, 2.75) is 63.5 Å². The first-order valence-corrected chi connectivity index (χ1v) is 17.6. The number of aromatic amines is 2. The number of hydrogen-bond donors (Lipinski definition) is 2. The SMILES string of the molecule is CC(C(=O)N1CCC[C@H]1c1nc2ccc(C#Cc3ccc4nc([C@@H]5CCCN5C(=O)[C@H](C)c5ccccc5)[nH]c4c3)cc2[nH]1)c1ccccc1. The molecule has 0 saturated carbocycles. The standard InChI is InChI=1S/C42H40N6O2/c1-27(31-11-5-3-6-12-31)41(49)47-23-9-15-37(47)39-43-33-21-19-29(25-35(33)45-39)17-18-30-20-22-34-36(26-30)46-40(44-34)38-16-10-24-48(38)42(50)28(2)32-13-7-4-8-14-32/h3-8,11-14,19-22,25-28,37-38H,9-10,15-16,23-24H2,1-2H3,(H,43,45)(H,44,46)/t27-,28?,37+,38+/m1/s1. The van der Waals surface area contributed by atoms with E-state index in [1.807, 2.05) is 121 Å². The lowest BCUT2D eigenvalue weighted by Crippen LogP contribution is -2.34. The van der Waals surface area contributed by atoms with Gasteiger partial charge in [-0.25, -0.2) is 9.97 Å². The van der Waals surface area contributed by atoms with Gasteiger partial charge in [0.2, 0.25) is 11.8 Å². The number of carbonyl (C=O) groups is 2. The summed E-state index contributed by atoms with van der Waals surface area (Å²) in [4.78, 5) is 47.8. The van der Waals surface area contributed by atoms with Gasteiger partial charge >= 0.3 is 0 Å². The van der Waals surface area contributed by atoms with Crippen molar-refractivity contribution < 1.29 is 9.59 Å². The van der Waals surface area contributed by atoms with E-state index < -0.39 is 0 Å². The predicted molar refractivity (Wildman–Crippen MR) is 195 cm³/mol. The first kappa shape index (κ1) is 31.6. The molecule has 8 rings (SSSR count). The van der Waals surface area contributed by atoms with Gasteiger partial charge in [-0.15, -0.1) is 0 Å². The highest BCUT2D eigenvalue weighted by Gasteiger charge is 2.36. The zero-order valence-electron chi connectivity index (χ0n) is 28.4. The second kappa shape index (κ2) is 13.3. The molecule has 2 N–H and O–H groups in total. The molecule has 2 aliphatic heterocycles. The Bertz CT molecular complexity index is 2090. The van der Waals surface area contributed by atoms with Gasteiger partial charge in [0.1, 0.15) is 11.6 Å². The van der Waals surface area contributed by atoms with E-state index in [4.69, 9.17) is 9.97 Å². The number of hydrogen-bond acceptors (Lipinski definition) is 4. The molecule has 4 aromatic carbocycles. The second-order valence-electron chi connectivity index (χ2n) is 13.6. The van der Waals surface area contributed by atoms with Crippen LogP contribution < -0.4 is 0 Å².